The number of piperazine rings is 1. The van der Waals surface area contributed by atoms with Crippen LogP contribution in [0.4, 0.5) is 0 Å². The van der Waals surface area contributed by atoms with Gasteiger partial charge < -0.3 is 15.5 Å². The molecule has 0 aromatic heterocycles. The van der Waals surface area contributed by atoms with E-state index in [0.717, 1.165) is 38.7 Å². The average Bonchev–Trinajstić information content (AvgIpc) is 2.66. The first kappa shape index (κ1) is 19.3. The quantitative estimate of drug-likeness (QED) is 0.448. The summed E-state index contributed by atoms with van der Waals surface area (Å²) in [4.78, 5) is 9.61. The highest BCUT2D eigenvalue weighted by Crippen LogP contribution is 2.10. The average molecular weight is 342 g/mol. The van der Waals surface area contributed by atoms with Crippen LogP contribution in [0.1, 0.15) is 25.0 Å². The Morgan fingerprint density at radius 1 is 1.04 bits per heavy atom. The first-order valence-corrected chi connectivity index (χ1v) is 9.23. The summed E-state index contributed by atoms with van der Waals surface area (Å²) in [6.07, 6.45) is 5.29. The molecule has 1 aliphatic rings. The Labute approximate surface area is 152 Å². The third-order valence-electron chi connectivity index (χ3n) is 4.46. The van der Waals surface area contributed by atoms with E-state index in [1.54, 1.807) is 0 Å². The highest BCUT2D eigenvalue weighted by atomic mass is 15.3. The molecule has 1 aromatic rings. The van der Waals surface area contributed by atoms with Gasteiger partial charge in [0, 0.05) is 39.3 Å². The van der Waals surface area contributed by atoms with Crippen molar-refractivity contribution in [1.82, 2.24) is 20.4 Å². The van der Waals surface area contributed by atoms with E-state index in [0.29, 0.717) is 13.1 Å². The van der Waals surface area contributed by atoms with E-state index in [-0.39, 0.29) is 0 Å². The Kier molecular flexibility index (Phi) is 8.30. The first-order valence-electron chi connectivity index (χ1n) is 9.23. The van der Waals surface area contributed by atoms with Crippen LogP contribution in [0, 0.1) is 12.3 Å². The number of terminal acetylenes is 1. The van der Waals surface area contributed by atoms with Crippen molar-refractivity contribution in [3.8, 4) is 12.3 Å². The van der Waals surface area contributed by atoms with Gasteiger partial charge in [0.25, 0.3) is 0 Å². The normalized spacial score (nSPS) is 16.4. The minimum absolute atomic E-state index is 0.482. The Hall–Kier alpha value is -2.03. The zero-order chi connectivity index (χ0) is 17.9. The largest absolute Gasteiger partial charge is 0.357 e. The number of hydrogen-bond acceptors (Lipinski definition) is 3. The van der Waals surface area contributed by atoms with Gasteiger partial charge in [-0.05, 0) is 24.6 Å². The number of hydrogen-bond donors (Lipinski definition) is 2. The lowest BCUT2D eigenvalue weighted by Gasteiger charge is -2.34. The molecule has 136 valence electrons. The van der Waals surface area contributed by atoms with Crippen LogP contribution in [0.5, 0.6) is 0 Å². The number of guanidine groups is 1. The zero-order valence-corrected chi connectivity index (χ0v) is 15.6. The van der Waals surface area contributed by atoms with Gasteiger partial charge in [-0.25, -0.2) is 4.99 Å². The maximum Gasteiger partial charge on any atom is 0.192 e. The molecule has 0 radical (unpaired) electrons. The molecule has 0 spiro atoms. The van der Waals surface area contributed by atoms with Crippen LogP contribution in [-0.4, -0.2) is 61.6 Å². The highest BCUT2D eigenvalue weighted by Gasteiger charge is 2.15. The SMILES string of the molecule is C#CCNC(=NCc1ccc(CN2CCN(CC)CC2)cc1)NCC. The lowest BCUT2D eigenvalue weighted by atomic mass is 10.1. The molecule has 0 unspecified atom stereocenters. The first-order chi connectivity index (χ1) is 12.2. The predicted molar refractivity (Wildman–Crippen MR) is 105 cm³/mol. The number of nitrogens with zero attached hydrogens (tertiary/aromatic N) is 3. The van der Waals surface area contributed by atoms with E-state index in [2.05, 4.69) is 62.5 Å². The maximum absolute atomic E-state index is 5.29. The number of likely N-dealkylation sites (N-methyl/N-ethyl adjacent to an activating group) is 1. The topological polar surface area (TPSA) is 42.9 Å². The van der Waals surface area contributed by atoms with E-state index in [1.165, 1.54) is 24.2 Å². The molecular formula is C20H31N5. The van der Waals surface area contributed by atoms with Gasteiger partial charge in [0.15, 0.2) is 5.96 Å². The molecule has 0 atom stereocenters. The summed E-state index contributed by atoms with van der Waals surface area (Å²) in [5, 5.41) is 6.30. The minimum Gasteiger partial charge on any atom is -0.357 e. The van der Waals surface area contributed by atoms with Crippen molar-refractivity contribution in [2.24, 2.45) is 4.99 Å². The molecule has 1 aromatic carbocycles. The molecule has 1 saturated heterocycles. The van der Waals surface area contributed by atoms with Crippen molar-refractivity contribution in [2.45, 2.75) is 26.9 Å². The fraction of sp³-hybridized carbons (Fsp3) is 0.550. The van der Waals surface area contributed by atoms with Gasteiger partial charge in [-0.3, -0.25) is 4.90 Å². The number of benzene rings is 1. The lowest BCUT2D eigenvalue weighted by molar-refractivity contribution is 0.132. The summed E-state index contributed by atoms with van der Waals surface area (Å²) in [6.45, 7) is 13.1. The van der Waals surface area contributed by atoms with Crippen LogP contribution >= 0.6 is 0 Å². The van der Waals surface area contributed by atoms with Crippen molar-refractivity contribution in [1.29, 1.82) is 0 Å². The predicted octanol–water partition coefficient (Wildman–Crippen LogP) is 1.51. The molecule has 5 nitrogen and oxygen atoms in total. The van der Waals surface area contributed by atoms with Crippen LogP contribution in [0.15, 0.2) is 29.3 Å². The van der Waals surface area contributed by atoms with Gasteiger partial charge in [-0.15, -0.1) is 6.42 Å². The van der Waals surface area contributed by atoms with Crippen molar-refractivity contribution < 1.29 is 0 Å². The van der Waals surface area contributed by atoms with E-state index in [4.69, 9.17) is 6.42 Å². The Morgan fingerprint density at radius 3 is 2.28 bits per heavy atom. The summed E-state index contributed by atoms with van der Waals surface area (Å²) >= 11 is 0. The van der Waals surface area contributed by atoms with Gasteiger partial charge in [0.1, 0.15) is 0 Å². The fourth-order valence-corrected chi connectivity index (χ4v) is 2.92. The highest BCUT2D eigenvalue weighted by molar-refractivity contribution is 5.79. The molecule has 1 heterocycles. The lowest BCUT2D eigenvalue weighted by Crippen LogP contribution is -2.45. The fourth-order valence-electron chi connectivity index (χ4n) is 2.92. The molecular weight excluding hydrogens is 310 g/mol. The molecule has 2 rings (SSSR count). The van der Waals surface area contributed by atoms with Gasteiger partial charge in [-0.2, -0.15) is 0 Å². The Balaban J connectivity index is 1.83. The third-order valence-corrected chi connectivity index (χ3v) is 4.46. The molecule has 5 heteroatoms. The summed E-state index contributed by atoms with van der Waals surface area (Å²) < 4.78 is 0. The molecule has 0 saturated carbocycles. The van der Waals surface area contributed by atoms with Crippen molar-refractivity contribution in [3.05, 3.63) is 35.4 Å². The molecule has 0 amide bonds. The standard InChI is InChI=1S/C20H31N5/c1-4-11-22-20(21-5-2)23-16-18-7-9-19(10-8-18)17-25-14-12-24(6-3)13-15-25/h1,7-10H,5-6,11-17H2,2-3H3,(H2,21,22,23). The molecule has 0 bridgehead atoms. The smallest absolute Gasteiger partial charge is 0.192 e. The third kappa shape index (κ3) is 6.77. The van der Waals surface area contributed by atoms with Gasteiger partial charge >= 0.3 is 0 Å². The number of nitrogens with one attached hydrogen (secondary N) is 2. The zero-order valence-electron chi connectivity index (χ0n) is 15.6. The number of aliphatic imine (C=N–C) groups is 1. The van der Waals surface area contributed by atoms with Crippen molar-refractivity contribution in [3.63, 3.8) is 0 Å². The Bertz CT molecular complexity index is 565. The summed E-state index contributed by atoms with van der Waals surface area (Å²) in [6, 6.07) is 8.79. The van der Waals surface area contributed by atoms with Crippen molar-refractivity contribution in [2.75, 3.05) is 45.8 Å². The molecule has 25 heavy (non-hydrogen) atoms. The summed E-state index contributed by atoms with van der Waals surface area (Å²) in [5.41, 5.74) is 2.58. The monoisotopic (exact) mass is 341 g/mol. The summed E-state index contributed by atoms with van der Waals surface area (Å²) in [7, 11) is 0. The van der Waals surface area contributed by atoms with Crippen LogP contribution in [0.2, 0.25) is 0 Å². The van der Waals surface area contributed by atoms with Crippen LogP contribution in [0.3, 0.4) is 0 Å². The number of rotatable bonds is 7. The summed E-state index contributed by atoms with van der Waals surface area (Å²) in [5.74, 6) is 3.33. The second-order valence-electron chi connectivity index (χ2n) is 6.28. The van der Waals surface area contributed by atoms with Gasteiger partial charge in [0.05, 0.1) is 13.1 Å². The van der Waals surface area contributed by atoms with E-state index >= 15 is 0 Å². The van der Waals surface area contributed by atoms with E-state index in [1.807, 2.05) is 6.92 Å². The van der Waals surface area contributed by atoms with Crippen molar-refractivity contribution >= 4 is 5.96 Å². The van der Waals surface area contributed by atoms with Gasteiger partial charge in [-0.1, -0.05) is 37.1 Å². The molecule has 2 N–H and O–H groups in total. The molecule has 0 aliphatic carbocycles. The Morgan fingerprint density at radius 2 is 1.68 bits per heavy atom. The van der Waals surface area contributed by atoms with Crippen LogP contribution in [0.25, 0.3) is 0 Å². The van der Waals surface area contributed by atoms with E-state index in [9.17, 15) is 0 Å². The minimum atomic E-state index is 0.482. The maximum atomic E-state index is 5.29. The second kappa shape index (κ2) is 10.8. The van der Waals surface area contributed by atoms with Crippen LogP contribution in [-0.2, 0) is 13.1 Å². The molecule has 1 aliphatic heterocycles. The van der Waals surface area contributed by atoms with E-state index < -0.39 is 0 Å². The molecule has 1 fully saturated rings. The van der Waals surface area contributed by atoms with Gasteiger partial charge in [0.2, 0.25) is 0 Å². The second-order valence-corrected chi connectivity index (χ2v) is 6.28. The van der Waals surface area contributed by atoms with Crippen LogP contribution < -0.4 is 10.6 Å².